The first-order valence-electron chi connectivity index (χ1n) is 7.43. The third-order valence-corrected chi connectivity index (χ3v) is 4.50. The zero-order valence-corrected chi connectivity index (χ0v) is 14.5. The number of halogens is 3. The number of hydrogen-bond acceptors (Lipinski definition) is 5. The first-order valence-corrected chi connectivity index (χ1v) is 8.31. The summed E-state index contributed by atoms with van der Waals surface area (Å²) >= 11 is 0.805. The highest BCUT2D eigenvalue weighted by atomic mass is 32.1. The van der Waals surface area contributed by atoms with Crippen molar-refractivity contribution in [3.63, 3.8) is 0 Å². The van der Waals surface area contributed by atoms with Gasteiger partial charge in [-0.15, -0.1) is 11.3 Å². The lowest BCUT2D eigenvalue weighted by Crippen LogP contribution is -2.30. The van der Waals surface area contributed by atoms with Crippen molar-refractivity contribution in [3.05, 3.63) is 55.9 Å². The molecule has 0 unspecified atom stereocenters. The number of carbonyl (C=O) groups is 1. The number of alkyl halides is 3. The Hall–Kier alpha value is -2.75. The number of aryl methyl sites for hydroxylation is 1. The van der Waals surface area contributed by atoms with Crippen molar-refractivity contribution >= 4 is 28.3 Å². The van der Waals surface area contributed by atoms with Crippen LogP contribution in [-0.2, 0) is 12.7 Å². The van der Waals surface area contributed by atoms with Crippen LogP contribution in [0.25, 0.3) is 11.0 Å². The third kappa shape index (κ3) is 3.45. The topological polar surface area (TPSA) is 79.0 Å². The van der Waals surface area contributed by atoms with Crippen molar-refractivity contribution in [1.29, 1.82) is 0 Å². The minimum atomic E-state index is -4.53. The van der Waals surface area contributed by atoms with Gasteiger partial charge in [-0.25, -0.2) is 9.97 Å². The molecule has 0 aliphatic rings. The van der Waals surface area contributed by atoms with Gasteiger partial charge in [-0.3, -0.25) is 9.59 Å². The van der Waals surface area contributed by atoms with Crippen molar-refractivity contribution in [1.82, 2.24) is 19.9 Å². The van der Waals surface area contributed by atoms with Crippen LogP contribution in [0.15, 0.2) is 28.5 Å². The summed E-state index contributed by atoms with van der Waals surface area (Å²) in [6, 6.07) is 3.23. The molecule has 3 rings (SSSR count). The van der Waals surface area contributed by atoms with Crippen LogP contribution in [0.1, 0.15) is 26.8 Å². The molecule has 3 aromatic heterocycles. The second kappa shape index (κ2) is 6.52. The fourth-order valence-corrected chi connectivity index (χ4v) is 3.21. The number of hydrogen-bond donors (Lipinski definition) is 1. The van der Waals surface area contributed by atoms with Crippen molar-refractivity contribution in [2.45, 2.75) is 19.6 Å². The molecule has 0 aliphatic carbocycles. The fourth-order valence-electron chi connectivity index (χ4n) is 2.35. The molecule has 136 valence electrons. The van der Waals surface area contributed by atoms with Gasteiger partial charge in [0.2, 0.25) is 5.43 Å². The van der Waals surface area contributed by atoms with Gasteiger partial charge in [0.25, 0.3) is 5.91 Å². The van der Waals surface area contributed by atoms with Gasteiger partial charge in [0.1, 0.15) is 16.2 Å². The Kier molecular flexibility index (Phi) is 4.53. The Morgan fingerprint density at radius 1 is 1.31 bits per heavy atom. The summed E-state index contributed by atoms with van der Waals surface area (Å²) in [5, 5.41) is 1.29. The van der Waals surface area contributed by atoms with Crippen LogP contribution >= 0.6 is 11.3 Å². The lowest BCUT2D eigenvalue weighted by molar-refractivity contribution is -0.140. The van der Waals surface area contributed by atoms with E-state index in [0.29, 0.717) is 11.3 Å². The molecule has 0 aromatic carbocycles. The standard InChI is InChI=1S/C16H13F3N4O2S/c1-8-3-4-9-13(24)10(5-20-14(9)21-8)15(25)23(2)6-12-22-11(7-26-12)16(17,18)19/h3-5,7H,6H2,1-2H3,(H,20,21,24). The number of aromatic nitrogens is 3. The summed E-state index contributed by atoms with van der Waals surface area (Å²) in [5.41, 5.74) is -0.516. The molecule has 0 radical (unpaired) electrons. The Labute approximate surface area is 149 Å². The molecule has 0 atom stereocenters. The van der Waals surface area contributed by atoms with E-state index in [1.165, 1.54) is 13.2 Å². The molecular weight excluding hydrogens is 369 g/mol. The number of nitrogens with zero attached hydrogens (tertiary/aromatic N) is 3. The minimum absolute atomic E-state index is 0.113. The number of H-pyrrole nitrogens is 1. The largest absolute Gasteiger partial charge is 0.434 e. The van der Waals surface area contributed by atoms with Crippen LogP contribution in [0, 0.1) is 6.92 Å². The normalized spacial score (nSPS) is 11.7. The number of pyridine rings is 2. The van der Waals surface area contributed by atoms with Crippen molar-refractivity contribution < 1.29 is 18.0 Å². The predicted octanol–water partition coefficient (Wildman–Crippen LogP) is 2.98. The fraction of sp³-hybridized carbons (Fsp3) is 0.250. The number of amides is 1. The molecule has 0 aliphatic heterocycles. The Morgan fingerprint density at radius 3 is 2.69 bits per heavy atom. The van der Waals surface area contributed by atoms with E-state index in [4.69, 9.17) is 0 Å². The van der Waals surface area contributed by atoms with E-state index in [1.54, 1.807) is 19.1 Å². The molecule has 3 aromatic rings. The van der Waals surface area contributed by atoms with Gasteiger partial charge in [0, 0.05) is 24.3 Å². The summed E-state index contributed by atoms with van der Waals surface area (Å²) < 4.78 is 37.8. The van der Waals surface area contributed by atoms with Gasteiger partial charge in [0.15, 0.2) is 5.69 Å². The molecule has 0 bridgehead atoms. The van der Waals surface area contributed by atoms with Crippen LogP contribution in [0.3, 0.4) is 0 Å². The summed E-state index contributed by atoms with van der Waals surface area (Å²) in [4.78, 5) is 36.6. The Bertz CT molecular complexity index is 1040. The van der Waals surface area contributed by atoms with E-state index >= 15 is 0 Å². The van der Waals surface area contributed by atoms with Gasteiger partial charge in [0.05, 0.1) is 11.9 Å². The molecule has 6 nitrogen and oxygen atoms in total. The predicted molar refractivity (Wildman–Crippen MR) is 90.0 cm³/mol. The summed E-state index contributed by atoms with van der Waals surface area (Å²) in [5.74, 6) is -0.613. The van der Waals surface area contributed by atoms with Crippen LogP contribution in [0.5, 0.6) is 0 Å². The van der Waals surface area contributed by atoms with Gasteiger partial charge in [-0.1, -0.05) is 0 Å². The van der Waals surface area contributed by atoms with E-state index in [2.05, 4.69) is 15.0 Å². The lowest BCUT2D eigenvalue weighted by Gasteiger charge is -2.15. The summed E-state index contributed by atoms with van der Waals surface area (Å²) in [6.07, 6.45) is -3.27. The monoisotopic (exact) mass is 382 g/mol. The summed E-state index contributed by atoms with van der Waals surface area (Å²) in [6.45, 7) is 1.64. The molecule has 0 saturated carbocycles. The highest BCUT2D eigenvalue weighted by Gasteiger charge is 2.33. The average Bonchev–Trinajstić information content (AvgIpc) is 3.03. The molecule has 0 saturated heterocycles. The second-order valence-corrected chi connectivity index (χ2v) is 6.61. The van der Waals surface area contributed by atoms with Crippen molar-refractivity contribution in [2.24, 2.45) is 0 Å². The number of rotatable bonds is 3. The number of thiazole rings is 1. The SMILES string of the molecule is Cc1ccc2c(=O)c(C(=O)N(C)Cc3nc(C(F)(F)F)cs3)c[nH]c2n1. The number of carbonyl (C=O) groups excluding carboxylic acids is 1. The maximum atomic E-state index is 12.6. The number of aromatic amines is 1. The van der Waals surface area contributed by atoms with E-state index in [0.717, 1.165) is 21.6 Å². The van der Waals surface area contributed by atoms with Gasteiger partial charge in [-0.05, 0) is 19.1 Å². The molecule has 0 fully saturated rings. The molecule has 26 heavy (non-hydrogen) atoms. The molecule has 1 N–H and O–H groups in total. The van der Waals surface area contributed by atoms with Crippen LogP contribution in [-0.4, -0.2) is 32.8 Å². The zero-order chi connectivity index (χ0) is 19.1. The third-order valence-electron chi connectivity index (χ3n) is 3.67. The summed E-state index contributed by atoms with van der Waals surface area (Å²) in [7, 11) is 1.40. The van der Waals surface area contributed by atoms with E-state index in [9.17, 15) is 22.8 Å². The quantitative estimate of drug-likeness (QED) is 0.755. The smallest absolute Gasteiger partial charge is 0.345 e. The molecule has 1 amide bonds. The lowest BCUT2D eigenvalue weighted by atomic mass is 10.1. The molecule has 10 heteroatoms. The van der Waals surface area contributed by atoms with E-state index < -0.39 is 23.2 Å². The van der Waals surface area contributed by atoms with Crippen molar-refractivity contribution in [3.8, 4) is 0 Å². The molecule has 0 spiro atoms. The van der Waals surface area contributed by atoms with E-state index in [1.807, 2.05) is 0 Å². The first-order chi connectivity index (χ1) is 12.2. The average molecular weight is 382 g/mol. The first kappa shape index (κ1) is 18.1. The number of fused-ring (bicyclic) bond motifs is 1. The van der Waals surface area contributed by atoms with Crippen LogP contribution in [0.4, 0.5) is 13.2 Å². The highest BCUT2D eigenvalue weighted by Crippen LogP contribution is 2.30. The van der Waals surface area contributed by atoms with Crippen molar-refractivity contribution in [2.75, 3.05) is 7.05 Å². The number of nitrogens with one attached hydrogen (secondary N) is 1. The minimum Gasteiger partial charge on any atom is -0.345 e. The Balaban J connectivity index is 1.86. The second-order valence-electron chi connectivity index (χ2n) is 5.67. The highest BCUT2D eigenvalue weighted by molar-refractivity contribution is 7.09. The zero-order valence-electron chi connectivity index (χ0n) is 13.7. The van der Waals surface area contributed by atoms with Gasteiger partial charge in [-0.2, -0.15) is 13.2 Å². The van der Waals surface area contributed by atoms with Crippen LogP contribution < -0.4 is 5.43 Å². The van der Waals surface area contributed by atoms with Crippen LogP contribution in [0.2, 0.25) is 0 Å². The maximum Gasteiger partial charge on any atom is 0.434 e. The maximum absolute atomic E-state index is 12.6. The van der Waals surface area contributed by atoms with E-state index in [-0.39, 0.29) is 22.5 Å². The molecule has 3 heterocycles. The molecular formula is C16H13F3N4O2S. The van der Waals surface area contributed by atoms with Gasteiger partial charge >= 0.3 is 6.18 Å². The van der Waals surface area contributed by atoms with Gasteiger partial charge < -0.3 is 9.88 Å². The Morgan fingerprint density at radius 2 is 2.04 bits per heavy atom.